The lowest BCUT2D eigenvalue weighted by Crippen LogP contribution is -2.35. The van der Waals surface area contributed by atoms with Crippen LogP contribution >= 0.6 is 0 Å². The predicted octanol–water partition coefficient (Wildman–Crippen LogP) is 3.59. The maximum atomic E-state index is 8.88. The molecule has 0 amide bonds. The van der Waals surface area contributed by atoms with Gasteiger partial charge in [-0.25, -0.2) is 15.0 Å². The van der Waals surface area contributed by atoms with E-state index in [9.17, 15) is 0 Å². The number of hydrazone groups is 1. The van der Waals surface area contributed by atoms with E-state index in [-0.39, 0.29) is 0 Å². The molecule has 0 atom stereocenters. The molecule has 204 valence electrons. The largest absolute Gasteiger partial charge is 0.493 e. The second kappa shape index (κ2) is 12.8. The first kappa shape index (κ1) is 26.8. The summed E-state index contributed by atoms with van der Waals surface area (Å²) in [6, 6.07) is 15.9. The molecule has 11 heteroatoms. The molecule has 5 rings (SSSR count). The number of benzene rings is 1. The van der Waals surface area contributed by atoms with Gasteiger partial charge in [-0.2, -0.15) is 10.4 Å². The van der Waals surface area contributed by atoms with E-state index in [4.69, 9.17) is 15.4 Å². The highest BCUT2D eigenvalue weighted by molar-refractivity contribution is 6.37. The highest BCUT2D eigenvalue weighted by Gasteiger charge is 2.19. The molecule has 1 fully saturated rings. The summed E-state index contributed by atoms with van der Waals surface area (Å²) in [7, 11) is 1.71. The maximum absolute atomic E-state index is 8.88. The van der Waals surface area contributed by atoms with Crippen molar-refractivity contribution in [2.45, 2.75) is 19.4 Å². The Morgan fingerprint density at radius 1 is 1.18 bits per heavy atom. The fraction of sp³-hybridized carbons (Fsp3) is 0.310. The van der Waals surface area contributed by atoms with E-state index in [0.29, 0.717) is 37.1 Å². The van der Waals surface area contributed by atoms with Crippen LogP contribution in [0.5, 0.6) is 5.75 Å². The molecular formula is C29H32N10O. The third-order valence-electron chi connectivity index (χ3n) is 6.99. The van der Waals surface area contributed by atoms with Crippen LogP contribution in [0.1, 0.15) is 24.0 Å². The molecular weight excluding hydrogens is 504 g/mol. The Hall–Kier alpha value is -4.82. The molecule has 1 aromatic carbocycles. The van der Waals surface area contributed by atoms with Crippen LogP contribution < -0.4 is 15.5 Å². The minimum absolute atomic E-state index is 0.498. The summed E-state index contributed by atoms with van der Waals surface area (Å²) in [5.41, 5.74) is 7.65. The van der Waals surface area contributed by atoms with Crippen LogP contribution in [0.3, 0.4) is 0 Å². The fourth-order valence-corrected chi connectivity index (χ4v) is 4.75. The summed E-state index contributed by atoms with van der Waals surface area (Å²) in [5, 5.41) is 23.9. The highest BCUT2D eigenvalue weighted by Crippen LogP contribution is 2.24. The number of likely N-dealkylation sites (tertiary alicyclic amines) is 1. The molecule has 1 saturated heterocycles. The van der Waals surface area contributed by atoms with Crippen molar-refractivity contribution in [2.75, 3.05) is 38.6 Å². The van der Waals surface area contributed by atoms with E-state index in [2.05, 4.69) is 41.8 Å². The molecule has 0 radical (unpaired) electrons. The molecule has 3 N–H and O–H groups in total. The highest BCUT2D eigenvalue weighted by atomic mass is 16.5. The summed E-state index contributed by atoms with van der Waals surface area (Å²) < 4.78 is 8.09. The average Bonchev–Trinajstić information content (AvgIpc) is 3.42. The number of hydrogen-bond donors (Lipinski definition) is 3. The topological polar surface area (TPSA) is 140 Å². The van der Waals surface area contributed by atoms with Gasteiger partial charge in [0.1, 0.15) is 29.3 Å². The number of nitrogens with zero attached hydrogens (tertiary/aromatic N) is 7. The van der Waals surface area contributed by atoms with Gasteiger partial charge in [0.15, 0.2) is 0 Å². The molecule has 0 bridgehead atoms. The van der Waals surface area contributed by atoms with Gasteiger partial charge in [-0.3, -0.25) is 9.30 Å². The third kappa shape index (κ3) is 6.42. The number of ether oxygens (including phenoxy) is 1. The predicted molar refractivity (Wildman–Crippen MR) is 155 cm³/mol. The number of fused-ring (bicyclic) bond motifs is 1. The van der Waals surface area contributed by atoms with Gasteiger partial charge in [0.05, 0.1) is 36.8 Å². The first-order valence-corrected chi connectivity index (χ1v) is 13.3. The van der Waals surface area contributed by atoms with E-state index in [0.717, 1.165) is 59.8 Å². The van der Waals surface area contributed by atoms with E-state index in [1.165, 1.54) is 6.21 Å². The fourth-order valence-electron chi connectivity index (χ4n) is 4.75. The number of anilines is 1. The van der Waals surface area contributed by atoms with Gasteiger partial charge in [0.25, 0.3) is 0 Å². The van der Waals surface area contributed by atoms with Crippen LogP contribution in [0, 0.1) is 22.7 Å². The molecule has 1 aliphatic rings. The SMILES string of the molecule is CN/N=C(\C=N)c1ccc(CNc2cc(-c3cnc4cc(OCC5CCN(CC#N)CC5)ccn34)ncn2)cc1. The second-order valence-electron chi connectivity index (χ2n) is 9.63. The van der Waals surface area contributed by atoms with Gasteiger partial charge < -0.3 is 20.9 Å². The first-order chi connectivity index (χ1) is 19.7. The number of pyridine rings is 1. The van der Waals surface area contributed by atoms with Crippen LogP contribution in [0.2, 0.25) is 0 Å². The molecule has 0 spiro atoms. The second-order valence-corrected chi connectivity index (χ2v) is 9.63. The Balaban J connectivity index is 1.20. The van der Waals surface area contributed by atoms with Crippen molar-refractivity contribution in [1.29, 1.82) is 10.7 Å². The monoisotopic (exact) mass is 536 g/mol. The number of hydrogen-bond acceptors (Lipinski definition) is 10. The molecule has 1 aliphatic heterocycles. The van der Waals surface area contributed by atoms with Gasteiger partial charge in [-0.1, -0.05) is 24.3 Å². The van der Waals surface area contributed by atoms with Crippen LogP contribution in [0.15, 0.2) is 66.3 Å². The molecule has 11 nitrogen and oxygen atoms in total. The summed E-state index contributed by atoms with van der Waals surface area (Å²) in [5.74, 6) is 2.00. The molecule has 4 heterocycles. The minimum atomic E-state index is 0.498. The van der Waals surface area contributed by atoms with Crippen LogP contribution in [0.25, 0.3) is 17.0 Å². The number of nitrogens with one attached hydrogen (secondary N) is 3. The lowest BCUT2D eigenvalue weighted by Gasteiger charge is -2.30. The Bertz CT molecular complexity index is 1510. The van der Waals surface area contributed by atoms with E-state index >= 15 is 0 Å². The Kier molecular flexibility index (Phi) is 8.58. The minimum Gasteiger partial charge on any atom is -0.493 e. The summed E-state index contributed by atoms with van der Waals surface area (Å²) in [4.78, 5) is 15.6. The van der Waals surface area contributed by atoms with Gasteiger partial charge >= 0.3 is 0 Å². The zero-order chi connectivity index (χ0) is 27.7. The van der Waals surface area contributed by atoms with Crippen molar-refractivity contribution >= 4 is 23.4 Å². The number of aromatic nitrogens is 4. The Labute approximate surface area is 233 Å². The van der Waals surface area contributed by atoms with Crippen molar-refractivity contribution in [3.63, 3.8) is 0 Å². The van der Waals surface area contributed by atoms with Crippen LogP contribution in [-0.2, 0) is 6.54 Å². The Morgan fingerprint density at radius 3 is 2.75 bits per heavy atom. The quantitative estimate of drug-likeness (QED) is 0.150. The standard InChI is InChI=1S/C29H32N10O/c1-32-37-26(16-31)23-4-2-21(3-5-23)17-33-28-15-25(35-20-36-28)27-18-34-29-14-24(8-12-39(27)29)40-19-22-6-10-38(11-7-22)13-9-30/h2-5,8,12,14-16,18,20,22,31-32H,6-7,10-11,13,17,19H2,1H3,(H,33,35,36)/b31-16?,37-26+. The normalized spacial score (nSPS) is 14.6. The summed E-state index contributed by atoms with van der Waals surface area (Å²) in [6.07, 6.45) is 8.63. The first-order valence-electron chi connectivity index (χ1n) is 13.3. The van der Waals surface area contributed by atoms with E-state index in [1.54, 1.807) is 13.4 Å². The number of rotatable bonds is 11. The molecule has 0 unspecified atom stereocenters. The molecule has 3 aromatic heterocycles. The summed E-state index contributed by atoms with van der Waals surface area (Å²) >= 11 is 0. The van der Waals surface area contributed by atoms with Crippen molar-refractivity contribution in [1.82, 2.24) is 29.7 Å². The number of imidazole rings is 1. The Morgan fingerprint density at radius 2 is 2.00 bits per heavy atom. The van der Waals surface area contributed by atoms with Gasteiger partial charge in [0.2, 0.25) is 0 Å². The van der Waals surface area contributed by atoms with Crippen LogP contribution in [-0.4, -0.2) is 69.5 Å². The molecule has 0 aliphatic carbocycles. The van der Waals surface area contributed by atoms with Crippen molar-refractivity contribution in [3.8, 4) is 23.2 Å². The lowest BCUT2D eigenvalue weighted by atomic mass is 9.98. The van der Waals surface area contributed by atoms with Gasteiger partial charge in [-0.15, -0.1) is 0 Å². The van der Waals surface area contributed by atoms with Crippen molar-refractivity contribution in [2.24, 2.45) is 11.0 Å². The molecule has 0 saturated carbocycles. The average molecular weight is 537 g/mol. The van der Waals surface area contributed by atoms with E-state index < -0.39 is 0 Å². The van der Waals surface area contributed by atoms with Gasteiger partial charge in [-0.05, 0) is 43.5 Å². The number of piperidine rings is 1. The third-order valence-corrected chi connectivity index (χ3v) is 6.99. The van der Waals surface area contributed by atoms with Crippen molar-refractivity contribution < 1.29 is 4.74 Å². The zero-order valence-electron chi connectivity index (χ0n) is 22.4. The zero-order valence-corrected chi connectivity index (χ0v) is 22.4. The molecule has 40 heavy (non-hydrogen) atoms. The van der Waals surface area contributed by atoms with Gasteiger partial charge in [0, 0.05) is 43.7 Å². The lowest BCUT2D eigenvalue weighted by molar-refractivity contribution is 0.151. The van der Waals surface area contributed by atoms with E-state index in [1.807, 2.05) is 59.3 Å². The van der Waals surface area contributed by atoms with Crippen LogP contribution in [0.4, 0.5) is 5.82 Å². The maximum Gasteiger partial charge on any atom is 0.140 e. The number of nitriles is 1. The summed E-state index contributed by atoms with van der Waals surface area (Å²) in [6.45, 7) is 3.66. The smallest absolute Gasteiger partial charge is 0.140 e. The molecule has 4 aromatic rings. The van der Waals surface area contributed by atoms with Crippen molar-refractivity contribution in [3.05, 3.63) is 72.3 Å².